The van der Waals surface area contributed by atoms with Gasteiger partial charge < -0.3 is 21.3 Å². The number of anilines is 6. The van der Waals surface area contributed by atoms with E-state index in [-0.39, 0.29) is 11.9 Å². The molecule has 0 aliphatic heterocycles. The molecule has 4 aromatic rings. The molecule has 0 unspecified atom stereocenters. The first-order valence-corrected chi connectivity index (χ1v) is 11.9. The van der Waals surface area contributed by atoms with Crippen LogP contribution in [0, 0.1) is 13.8 Å². The van der Waals surface area contributed by atoms with Gasteiger partial charge in [0.2, 0.25) is 23.8 Å². The van der Waals surface area contributed by atoms with Gasteiger partial charge >= 0.3 is 0 Å². The number of halogens is 1. The van der Waals surface area contributed by atoms with Crippen molar-refractivity contribution in [3.05, 3.63) is 88.4 Å². The highest BCUT2D eigenvalue weighted by Gasteiger charge is 2.16. The molecule has 178 valence electrons. The number of nitrogens with zero attached hydrogens (tertiary/aromatic N) is 3. The van der Waals surface area contributed by atoms with E-state index in [1.165, 1.54) is 0 Å². The summed E-state index contributed by atoms with van der Waals surface area (Å²) in [7, 11) is 0. The maximum Gasteiger partial charge on any atom is 0.246 e. The van der Waals surface area contributed by atoms with E-state index >= 15 is 0 Å². The monoisotopic (exact) mass is 531 g/mol. The molecular formula is C26H26BrN7O. The molecule has 4 N–H and O–H groups in total. The van der Waals surface area contributed by atoms with Crippen LogP contribution in [-0.2, 0) is 4.79 Å². The van der Waals surface area contributed by atoms with Crippen LogP contribution in [0.1, 0.15) is 18.1 Å². The number of rotatable bonds is 8. The highest BCUT2D eigenvalue weighted by molar-refractivity contribution is 9.10. The lowest BCUT2D eigenvalue weighted by Gasteiger charge is -2.16. The number of carbonyl (C=O) groups is 1. The summed E-state index contributed by atoms with van der Waals surface area (Å²) in [6.07, 6.45) is 0. The van der Waals surface area contributed by atoms with Crippen LogP contribution in [-0.4, -0.2) is 26.9 Å². The van der Waals surface area contributed by atoms with Gasteiger partial charge in [-0.1, -0.05) is 51.3 Å². The predicted octanol–water partition coefficient (Wildman–Crippen LogP) is 6.18. The Balaban J connectivity index is 1.54. The Morgan fingerprint density at radius 2 is 1.11 bits per heavy atom. The first-order chi connectivity index (χ1) is 16.8. The Labute approximate surface area is 212 Å². The number of hydrogen-bond donors (Lipinski definition) is 4. The summed E-state index contributed by atoms with van der Waals surface area (Å²) < 4.78 is 0.939. The van der Waals surface area contributed by atoms with Crippen LogP contribution in [0.15, 0.2) is 77.3 Å². The van der Waals surface area contributed by atoms with Crippen LogP contribution < -0.4 is 21.3 Å². The van der Waals surface area contributed by atoms with E-state index in [2.05, 4.69) is 52.1 Å². The lowest BCUT2D eigenvalue weighted by molar-refractivity contribution is -0.116. The molecule has 0 aliphatic rings. The zero-order valence-corrected chi connectivity index (χ0v) is 21.2. The zero-order chi connectivity index (χ0) is 24.8. The Hall–Kier alpha value is -3.98. The third-order valence-electron chi connectivity index (χ3n) is 5.10. The van der Waals surface area contributed by atoms with Crippen molar-refractivity contribution in [2.75, 3.05) is 21.3 Å². The summed E-state index contributed by atoms with van der Waals surface area (Å²) in [5, 5.41) is 12.4. The normalized spacial score (nSPS) is 11.4. The number of nitrogens with one attached hydrogen (secondary N) is 4. The molecule has 1 amide bonds. The molecular weight excluding hydrogens is 506 g/mol. The summed E-state index contributed by atoms with van der Waals surface area (Å²) in [6.45, 7) is 5.80. The van der Waals surface area contributed by atoms with Crippen molar-refractivity contribution < 1.29 is 4.79 Å². The van der Waals surface area contributed by atoms with Crippen molar-refractivity contribution in [3.8, 4) is 0 Å². The van der Waals surface area contributed by atoms with Gasteiger partial charge in [0.05, 0.1) is 0 Å². The Bertz CT molecular complexity index is 1230. The lowest BCUT2D eigenvalue weighted by atomic mass is 10.2. The van der Waals surface area contributed by atoms with Crippen molar-refractivity contribution in [2.24, 2.45) is 0 Å². The first-order valence-electron chi connectivity index (χ1n) is 11.1. The predicted molar refractivity (Wildman–Crippen MR) is 145 cm³/mol. The lowest BCUT2D eigenvalue weighted by Crippen LogP contribution is -2.32. The molecule has 3 aromatic carbocycles. The van der Waals surface area contributed by atoms with Crippen molar-refractivity contribution in [2.45, 2.75) is 26.8 Å². The summed E-state index contributed by atoms with van der Waals surface area (Å²) in [5.74, 6) is 0.750. The largest absolute Gasteiger partial charge is 0.342 e. The van der Waals surface area contributed by atoms with Crippen molar-refractivity contribution in [1.29, 1.82) is 0 Å². The maximum absolute atomic E-state index is 12.7. The number of aromatic nitrogens is 3. The van der Waals surface area contributed by atoms with Gasteiger partial charge in [-0.2, -0.15) is 15.0 Å². The van der Waals surface area contributed by atoms with Crippen LogP contribution in [0.25, 0.3) is 0 Å². The third-order valence-corrected chi connectivity index (χ3v) is 5.63. The second kappa shape index (κ2) is 11.0. The van der Waals surface area contributed by atoms with Gasteiger partial charge in [0.1, 0.15) is 6.04 Å². The first kappa shape index (κ1) is 24.2. The zero-order valence-electron chi connectivity index (χ0n) is 19.6. The van der Waals surface area contributed by atoms with Crippen molar-refractivity contribution in [1.82, 2.24) is 15.0 Å². The quantitative estimate of drug-likeness (QED) is 0.215. The van der Waals surface area contributed by atoms with E-state index in [1.54, 1.807) is 6.92 Å². The smallest absolute Gasteiger partial charge is 0.246 e. The number of amides is 1. The standard InChI is InChI=1S/C26H26BrN7O/c1-16-4-10-21(11-5-16)30-25-32-24(33-26(34-25)31-22-12-6-17(2)7-13-22)28-18(3)23(35)29-20-14-8-19(27)9-15-20/h4-15,18H,1-3H3,(H,29,35)(H3,28,30,31,32,33,34)/t18-/m0/s1. The fourth-order valence-electron chi connectivity index (χ4n) is 3.13. The summed E-state index contributed by atoms with van der Waals surface area (Å²) in [5.41, 5.74) is 4.69. The van der Waals surface area contributed by atoms with Gasteiger partial charge in [0.25, 0.3) is 0 Å². The number of hydrogen-bond acceptors (Lipinski definition) is 7. The minimum absolute atomic E-state index is 0.214. The highest BCUT2D eigenvalue weighted by Crippen LogP contribution is 2.20. The Morgan fingerprint density at radius 3 is 1.60 bits per heavy atom. The third kappa shape index (κ3) is 7.00. The van der Waals surface area contributed by atoms with E-state index in [0.29, 0.717) is 17.6 Å². The van der Waals surface area contributed by atoms with Crippen LogP contribution in [0.3, 0.4) is 0 Å². The molecule has 0 spiro atoms. The molecule has 0 fully saturated rings. The van der Waals surface area contributed by atoms with E-state index in [9.17, 15) is 4.79 Å². The second-order valence-corrected chi connectivity index (χ2v) is 9.07. The second-order valence-electron chi connectivity index (χ2n) is 8.15. The molecule has 35 heavy (non-hydrogen) atoms. The van der Waals surface area contributed by atoms with Crippen LogP contribution >= 0.6 is 15.9 Å². The molecule has 1 aromatic heterocycles. The number of carbonyl (C=O) groups excluding carboxylic acids is 1. The van der Waals surface area contributed by atoms with E-state index < -0.39 is 6.04 Å². The molecule has 4 rings (SSSR count). The molecule has 0 saturated carbocycles. The molecule has 8 nitrogen and oxygen atoms in total. The Morgan fingerprint density at radius 1 is 0.686 bits per heavy atom. The molecule has 9 heteroatoms. The van der Waals surface area contributed by atoms with Gasteiger partial charge in [-0.3, -0.25) is 4.79 Å². The van der Waals surface area contributed by atoms with E-state index in [0.717, 1.165) is 27.0 Å². The minimum atomic E-state index is -0.597. The van der Waals surface area contributed by atoms with Crippen LogP contribution in [0.4, 0.5) is 34.9 Å². The average Bonchev–Trinajstić information content (AvgIpc) is 2.83. The summed E-state index contributed by atoms with van der Waals surface area (Å²) in [4.78, 5) is 26.2. The van der Waals surface area contributed by atoms with Crippen LogP contribution in [0.2, 0.25) is 0 Å². The fourth-order valence-corrected chi connectivity index (χ4v) is 3.39. The summed E-state index contributed by atoms with van der Waals surface area (Å²) >= 11 is 3.39. The minimum Gasteiger partial charge on any atom is -0.342 e. The van der Waals surface area contributed by atoms with Gasteiger partial charge in [-0.25, -0.2) is 0 Å². The maximum atomic E-state index is 12.7. The van der Waals surface area contributed by atoms with Crippen molar-refractivity contribution >= 4 is 56.7 Å². The van der Waals surface area contributed by atoms with Gasteiger partial charge in [-0.05, 0) is 69.3 Å². The Kier molecular flexibility index (Phi) is 7.57. The SMILES string of the molecule is Cc1ccc(Nc2nc(Nc3ccc(C)cc3)nc(N[C@@H](C)C(=O)Nc3ccc(Br)cc3)n2)cc1. The van der Waals surface area contributed by atoms with Gasteiger partial charge in [0.15, 0.2) is 0 Å². The average molecular weight is 532 g/mol. The number of aryl methyl sites for hydroxylation is 2. The topological polar surface area (TPSA) is 104 Å². The van der Waals surface area contributed by atoms with Gasteiger partial charge in [0, 0.05) is 21.5 Å². The highest BCUT2D eigenvalue weighted by atomic mass is 79.9. The molecule has 0 saturated heterocycles. The molecule has 0 bridgehead atoms. The van der Waals surface area contributed by atoms with Crippen LogP contribution in [0.5, 0.6) is 0 Å². The fraction of sp³-hybridized carbons (Fsp3) is 0.154. The van der Waals surface area contributed by atoms with E-state index in [4.69, 9.17) is 0 Å². The summed E-state index contributed by atoms with van der Waals surface area (Å²) in [6, 6.07) is 22.6. The number of benzene rings is 3. The molecule has 0 radical (unpaired) electrons. The van der Waals surface area contributed by atoms with Gasteiger partial charge in [-0.15, -0.1) is 0 Å². The van der Waals surface area contributed by atoms with E-state index in [1.807, 2.05) is 86.6 Å². The molecule has 0 aliphatic carbocycles. The molecule has 1 atom stereocenters. The van der Waals surface area contributed by atoms with Crippen molar-refractivity contribution in [3.63, 3.8) is 0 Å². The molecule has 1 heterocycles.